The number of β-amino-alcohol motifs (C(OH)–C–C–N with tert-alkyl or cyclic N) is 1. The van der Waals surface area contributed by atoms with Gasteiger partial charge in [-0.05, 0) is 48.7 Å². The molecule has 24 heavy (non-hydrogen) atoms. The second-order valence-corrected chi connectivity index (χ2v) is 7.08. The number of hydrogen-bond acceptors (Lipinski definition) is 3. The molecule has 128 valence electrons. The molecule has 0 spiro atoms. The first-order valence-electron chi connectivity index (χ1n) is 8.51. The smallest absolute Gasteiger partial charge is 0.0916 e. The van der Waals surface area contributed by atoms with Crippen LogP contribution in [-0.2, 0) is 0 Å². The maximum atomic E-state index is 10.4. The van der Waals surface area contributed by atoms with E-state index in [9.17, 15) is 5.11 Å². The minimum absolute atomic E-state index is 0.463. The molecular formula is C20H25ClN2O. The first kappa shape index (κ1) is 17.3. The molecular weight excluding hydrogens is 320 g/mol. The molecule has 0 bridgehead atoms. The molecule has 1 heterocycles. The van der Waals surface area contributed by atoms with E-state index in [0.29, 0.717) is 11.6 Å². The third kappa shape index (κ3) is 4.10. The van der Waals surface area contributed by atoms with Gasteiger partial charge in [-0.15, -0.1) is 0 Å². The van der Waals surface area contributed by atoms with Gasteiger partial charge in [-0.25, -0.2) is 0 Å². The molecule has 4 heteroatoms. The van der Waals surface area contributed by atoms with Crippen LogP contribution in [-0.4, -0.2) is 42.7 Å². The van der Waals surface area contributed by atoms with E-state index in [0.717, 1.165) is 31.7 Å². The number of anilines is 1. The van der Waals surface area contributed by atoms with E-state index in [1.807, 2.05) is 24.3 Å². The lowest BCUT2D eigenvalue weighted by Gasteiger charge is -2.37. The fraction of sp³-hybridized carbons (Fsp3) is 0.400. The van der Waals surface area contributed by atoms with Crippen molar-refractivity contribution < 1.29 is 5.11 Å². The number of aliphatic hydroxyl groups is 1. The Hall–Kier alpha value is -1.55. The van der Waals surface area contributed by atoms with Gasteiger partial charge in [0.15, 0.2) is 0 Å². The summed E-state index contributed by atoms with van der Waals surface area (Å²) in [5.41, 5.74) is 4.90. The first-order chi connectivity index (χ1) is 11.5. The van der Waals surface area contributed by atoms with Crippen molar-refractivity contribution in [2.24, 2.45) is 0 Å². The third-order valence-electron chi connectivity index (χ3n) is 4.76. The lowest BCUT2D eigenvalue weighted by atomic mass is 10.1. The summed E-state index contributed by atoms with van der Waals surface area (Å²) in [6, 6.07) is 14.1. The predicted octanol–water partition coefficient (Wildman–Crippen LogP) is 3.81. The van der Waals surface area contributed by atoms with Gasteiger partial charge in [0.1, 0.15) is 0 Å². The van der Waals surface area contributed by atoms with Crippen LogP contribution in [0, 0.1) is 13.8 Å². The van der Waals surface area contributed by atoms with Gasteiger partial charge in [0.25, 0.3) is 0 Å². The van der Waals surface area contributed by atoms with Crippen molar-refractivity contribution in [3.05, 3.63) is 64.2 Å². The van der Waals surface area contributed by atoms with Crippen LogP contribution in [0.5, 0.6) is 0 Å². The Morgan fingerprint density at radius 3 is 2.33 bits per heavy atom. The van der Waals surface area contributed by atoms with Crippen molar-refractivity contribution in [1.82, 2.24) is 4.90 Å². The van der Waals surface area contributed by atoms with Crippen LogP contribution in [0.3, 0.4) is 0 Å². The SMILES string of the molecule is Cc1ccc(C)c(N2CCN(C[C@@H](O)c3ccc(Cl)cc3)CC2)c1. The molecule has 0 aliphatic carbocycles. The fourth-order valence-electron chi connectivity index (χ4n) is 3.27. The summed E-state index contributed by atoms with van der Waals surface area (Å²) in [4.78, 5) is 4.79. The van der Waals surface area contributed by atoms with Crippen molar-refractivity contribution in [2.45, 2.75) is 20.0 Å². The standard InChI is InChI=1S/C20H25ClN2O/c1-15-3-4-16(2)19(13-15)23-11-9-22(10-12-23)14-20(24)17-5-7-18(21)8-6-17/h3-8,13,20,24H,9-12,14H2,1-2H3/t20-/m1/s1. The van der Waals surface area contributed by atoms with E-state index in [2.05, 4.69) is 41.8 Å². The first-order valence-corrected chi connectivity index (χ1v) is 8.89. The maximum absolute atomic E-state index is 10.4. The second-order valence-electron chi connectivity index (χ2n) is 6.64. The third-order valence-corrected chi connectivity index (χ3v) is 5.02. The maximum Gasteiger partial charge on any atom is 0.0916 e. The highest BCUT2D eigenvalue weighted by molar-refractivity contribution is 6.30. The summed E-state index contributed by atoms with van der Waals surface area (Å²) in [7, 11) is 0. The van der Waals surface area contributed by atoms with Crippen molar-refractivity contribution in [2.75, 3.05) is 37.6 Å². The highest BCUT2D eigenvalue weighted by Crippen LogP contribution is 2.24. The van der Waals surface area contributed by atoms with Crippen molar-refractivity contribution in [3.8, 4) is 0 Å². The zero-order valence-electron chi connectivity index (χ0n) is 14.4. The van der Waals surface area contributed by atoms with Crippen LogP contribution in [0.25, 0.3) is 0 Å². The Morgan fingerprint density at radius 2 is 1.67 bits per heavy atom. The fourth-order valence-corrected chi connectivity index (χ4v) is 3.39. The number of hydrogen-bond donors (Lipinski definition) is 1. The summed E-state index contributed by atoms with van der Waals surface area (Å²) in [6.45, 7) is 8.92. The van der Waals surface area contributed by atoms with Crippen LogP contribution in [0.4, 0.5) is 5.69 Å². The molecule has 2 aromatic rings. The number of halogens is 1. The molecule has 0 radical (unpaired) electrons. The van der Waals surface area contributed by atoms with Gasteiger partial charge in [-0.2, -0.15) is 0 Å². The zero-order valence-corrected chi connectivity index (χ0v) is 15.1. The van der Waals surface area contributed by atoms with E-state index >= 15 is 0 Å². The summed E-state index contributed by atoms with van der Waals surface area (Å²) in [5, 5.41) is 11.1. The molecule has 0 saturated carbocycles. The lowest BCUT2D eigenvalue weighted by molar-refractivity contribution is 0.109. The molecule has 0 unspecified atom stereocenters. The Kier molecular flexibility index (Phi) is 5.44. The zero-order chi connectivity index (χ0) is 17.1. The molecule has 1 aliphatic heterocycles. The number of benzene rings is 2. The van der Waals surface area contributed by atoms with Gasteiger partial charge in [-0.3, -0.25) is 4.90 Å². The molecule has 2 aromatic carbocycles. The number of rotatable bonds is 4. The van der Waals surface area contributed by atoms with Crippen LogP contribution in [0.1, 0.15) is 22.8 Å². The summed E-state index contributed by atoms with van der Waals surface area (Å²) in [6.07, 6.45) is -0.463. The normalized spacial score (nSPS) is 17.1. The predicted molar refractivity (Wildman–Crippen MR) is 101 cm³/mol. The van der Waals surface area contributed by atoms with E-state index < -0.39 is 6.10 Å². The summed E-state index contributed by atoms with van der Waals surface area (Å²) >= 11 is 5.91. The van der Waals surface area contributed by atoms with Crippen LogP contribution < -0.4 is 4.90 Å². The molecule has 1 atom stereocenters. The largest absolute Gasteiger partial charge is 0.387 e. The number of nitrogens with zero attached hydrogens (tertiary/aromatic N) is 2. The Balaban J connectivity index is 1.57. The van der Waals surface area contributed by atoms with E-state index in [1.165, 1.54) is 16.8 Å². The molecule has 1 saturated heterocycles. The average Bonchev–Trinajstić information content (AvgIpc) is 2.58. The minimum atomic E-state index is -0.463. The van der Waals surface area contributed by atoms with E-state index in [1.54, 1.807) is 0 Å². The topological polar surface area (TPSA) is 26.7 Å². The van der Waals surface area contributed by atoms with Gasteiger partial charge < -0.3 is 10.0 Å². The summed E-state index contributed by atoms with van der Waals surface area (Å²) < 4.78 is 0. The van der Waals surface area contributed by atoms with Crippen LogP contribution >= 0.6 is 11.6 Å². The number of aliphatic hydroxyl groups excluding tert-OH is 1. The Morgan fingerprint density at radius 1 is 1.00 bits per heavy atom. The molecule has 1 aliphatic rings. The van der Waals surface area contributed by atoms with Crippen LogP contribution in [0.15, 0.2) is 42.5 Å². The monoisotopic (exact) mass is 344 g/mol. The highest BCUT2D eigenvalue weighted by atomic mass is 35.5. The lowest BCUT2D eigenvalue weighted by Crippen LogP contribution is -2.47. The second kappa shape index (κ2) is 7.56. The van der Waals surface area contributed by atoms with E-state index in [4.69, 9.17) is 11.6 Å². The van der Waals surface area contributed by atoms with Gasteiger partial charge in [0, 0.05) is 43.4 Å². The van der Waals surface area contributed by atoms with Gasteiger partial charge >= 0.3 is 0 Å². The number of aryl methyl sites for hydroxylation is 2. The van der Waals surface area contributed by atoms with E-state index in [-0.39, 0.29) is 0 Å². The molecule has 1 N–H and O–H groups in total. The molecule has 1 fully saturated rings. The Labute approximate surface area is 149 Å². The summed E-state index contributed by atoms with van der Waals surface area (Å²) in [5.74, 6) is 0. The quantitative estimate of drug-likeness (QED) is 0.913. The average molecular weight is 345 g/mol. The van der Waals surface area contributed by atoms with Gasteiger partial charge in [-0.1, -0.05) is 35.9 Å². The van der Waals surface area contributed by atoms with Gasteiger partial charge in [0.2, 0.25) is 0 Å². The minimum Gasteiger partial charge on any atom is -0.387 e. The molecule has 3 rings (SSSR count). The van der Waals surface area contributed by atoms with Crippen molar-refractivity contribution in [3.63, 3.8) is 0 Å². The number of piperazine rings is 1. The highest BCUT2D eigenvalue weighted by Gasteiger charge is 2.21. The molecule has 0 amide bonds. The van der Waals surface area contributed by atoms with Crippen LogP contribution in [0.2, 0.25) is 5.02 Å². The Bertz CT molecular complexity index is 679. The molecule has 0 aromatic heterocycles. The van der Waals surface area contributed by atoms with Crippen molar-refractivity contribution in [1.29, 1.82) is 0 Å². The van der Waals surface area contributed by atoms with Crippen molar-refractivity contribution >= 4 is 17.3 Å². The molecule has 3 nitrogen and oxygen atoms in total. The van der Waals surface area contributed by atoms with Gasteiger partial charge in [0.05, 0.1) is 6.10 Å².